The van der Waals surface area contributed by atoms with Gasteiger partial charge in [-0.3, -0.25) is 0 Å². The average Bonchev–Trinajstić information content (AvgIpc) is 3.13. The van der Waals surface area contributed by atoms with Gasteiger partial charge in [-0.2, -0.15) is 4.72 Å². The molecule has 8 heteroatoms. The zero-order valence-electron chi connectivity index (χ0n) is 13.8. The van der Waals surface area contributed by atoms with Gasteiger partial charge >= 0.3 is 5.09 Å². The Kier molecular flexibility index (Phi) is 5.04. The van der Waals surface area contributed by atoms with Crippen LogP contribution in [0.2, 0.25) is 0 Å². The van der Waals surface area contributed by atoms with Crippen LogP contribution in [0.25, 0.3) is 11.0 Å². The zero-order chi connectivity index (χ0) is 18.8. The van der Waals surface area contributed by atoms with Gasteiger partial charge in [0.1, 0.15) is 22.8 Å². The second kappa shape index (κ2) is 7.61. The van der Waals surface area contributed by atoms with Crippen molar-refractivity contribution in [1.82, 2.24) is 4.98 Å². The number of nitrogens with one attached hydrogen (secondary N) is 1. The third-order valence-corrected chi connectivity index (χ3v) is 6.09. The number of halogens is 1. The number of rotatable bonds is 5. The number of furan rings is 1. The Morgan fingerprint density at radius 2 is 1.70 bits per heavy atom. The van der Waals surface area contributed by atoms with Crippen molar-refractivity contribution in [2.45, 2.75) is 15.0 Å². The molecule has 2 aromatic heterocycles. The molecule has 1 N–H and O–H groups in total. The van der Waals surface area contributed by atoms with E-state index in [1.165, 1.54) is 0 Å². The highest BCUT2D eigenvalue weighted by Crippen LogP contribution is 2.29. The molecular formula is C19H13FN2O3S2. The summed E-state index contributed by atoms with van der Waals surface area (Å²) in [6.45, 7) is 0. The summed E-state index contributed by atoms with van der Waals surface area (Å²) in [5.41, 5.74) is 0.670. The molecule has 2 aromatic carbocycles. The summed E-state index contributed by atoms with van der Waals surface area (Å²) in [5.74, 6) is -0.632. The number of fused-ring (bicyclic) bond motifs is 1. The molecule has 27 heavy (non-hydrogen) atoms. The minimum atomic E-state index is -1.82. The average molecular weight is 400 g/mol. The normalized spacial score (nSPS) is 13.4. The molecule has 0 fully saturated rings. The summed E-state index contributed by atoms with van der Waals surface area (Å²) in [6, 6.07) is 18.7. The Morgan fingerprint density at radius 3 is 2.48 bits per heavy atom. The van der Waals surface area contributed by atoms with Crippen LogP contribution >= 0.6 is 0 Å². The molecule has 0 radical (unpaired) electrons. The van der Waals surface area contributed by atoms with E-state index in [0.29, 0.717) is 10.5 Å². The van der Waals surface area contributed by atoms with Crippen LogP contribution in [-0.4, -0.2) is 14.1 Å². The number of hydrogen-bond acceptors (Lipinski definition) is 5. The van der Waals surface area contributed by atoms with Gasteiger partial charge in [0.2, 0.25) is 0 Å². The number of pyridine rings is 1. The maximum Gasteiger partial charge on any atom is 0.339 e. The van der Waals surface area contributed by atoms with Crippen LogP contribution in [0.5, 0.6) is 0 Å². The highest BCUT2D eigenvalue weighted by Gasteiger charge is 2.27. The second-order valence-corrected chi connectivity index (χ2v) is 8.10. The molecule has 0 saturated carbocycles. The molecule has 2 atom stereocenters. The lowest BCUT2D eigenvalue weighted by molar-refractivity contribution is 0.484. The predicted octanol–water partition coefficient (Wildman–Crippen LogP) is 4.27. The third kappa shape index (κ3) is 3.79. The van der Waals surface area contributed by atoms with Crippen molar-refractivity contribution < 1.29 is 17.9 Å². The van der Waals surface area contributed by atoms with Gasteiger partial charge in [-0.15, -0.1) is 0 Å². The van der Waals surface area contributed by atoms with Gasteiger partial charge in [-0.1, -0.05) is 36.4 Å². The lowest BCUT2D eigenvalue weighted by atomic mass is 10.3. The quantitative estimate of drug-likeness (QED) is 0.506. The van der Waals surface area contributed by atoms with E-state index in [9.17, 15) is 13.5 Å². The molecule has 0 bridgehead atoms. The van der Waals surface area contributed by atoms with E-state index in [1.54, 1.807) is 42.5 Å². The standard InChI is InChI=1S/C19H13FN2O3S2/c20-14-11-16(19(21-12-14)26(23)15-7-2-1-3-8-15)22-27(24)18-10-13-6-4-5-9-17(13)25-18/h1-12,22H. The van der Waals surface area contributed by atoms with Gasteiger partial charge in [0.15, 0.2) is 10.6 Å². The smallest absolute Gasteiger partial charge is 0.339 e. The fourth-order valence-corrected chi connectivity index (χ4v) is 4.51. The molecular weight excluding hydrogens is 387 g/mol. The van der Waals surface area contributed by atoms with E-state index in [4.69, 9.17) is 4.42 Å². The highest BCUT2D eigenvalue weighted by molar-refractivity contribution is 7.93. The number of aromatic nitrogens is 1. The van der Waals surface area contributed by atoms with Crippen molar-refractivity contribution in [3.63, 3.8) is 0 Å². The van der Waals surface area contributed by atoms with Crippen molar-refractivity contribution in [2.24, 2.45) is 0 Å². The third-order valence-electron chi connectivity index (χ3n) is 3.74. The summed E-state index contributed by atoms with van der Waals surface area (Å²) >= 11 is -3.48. The first-order valence-corrected chi connectivity index (χ1v) is 10.2. The Labute approximate surface area is 160 Å². The maximum absolute atomic E-state index is 13.7. The molecule has 0 aliphatic heterocycles. The summed E-state index contributed by atoms with van der Waals surface area (Å²) < 4.78 is 47.4. The van der Waals surface area contributed by atoms with Crippen LogP contribution < -0.4 is 4.72 Å². The molecule has 2 heterocycles. The van der Waals surface area contributed by atoms with Gasteiger partial charge < -0.3 is 13.5 Å². The van der Waals surface area contributed by atoms with E-state index in [-0.39, 0.29) is 15.8 Å². The fourth-order valence-electron chi connectivity index (χ4n) is 2.50. The zero-order valence-corrected chi connectivity index (χ0v) is 15.4. The summed E-state index contributed by atoms with van der Waals surface area (Å²) in [6.07, 6.45) is 0.978. The first-order valence-electron chi connectivity index (χ1n) is 7.91. The minimum absolute atomic E-state index is 0.0796. The molecule has 4 rings (SSSR count). The lowest BCUT2D eigenvalue weighted by Gasteiger charge is -2.14. The largest absolute Gasteiger partial charge is 0.605 e. The molecule has 4 aromatic rings. The highest BCUT2D eigenvalue weighted by atomic mass is 32.2. The number of nitrogens with zero attached hydrogens (tertiary/aromatic N) is 1. The van der Waals surface area contributed by atoms with Gasteiger partial charge in [0.25, 0.3) is 5.03 Å². The second-order valence-electron chi connectivity index (χ2n) is 5.56. The van der Waals surface area contributed by atoms with E-state index < -0.39 is 28.4 Å². The van der Waals surface area contributed by atoms with Crippen LogP contribution in [-0.2, 0) is 22.5 Å². The number of anilines is 1. The molecule has 5 nitrogen and oxygen atoms in total. The van der Waals surface area contributed by atoms with Crippen LogP contribution in [0.4, 0.5) is 10.1 Å². The van der Waals surface area contributed by atoms with Crippen LogP contribution in [0.1, 0.15) is 0 Å². The number of benzene rings is 2. The van der Waals surface area contributed by atoms with E-state index in [1.807, 2.05) is 18.2 Å². The summed E-state index contributed by atoms with van der Waals surface area (Å²) in [7, 11) is 0. The Morgan fingerprint density at radius 1 is 0.963 bits per heavy atom. The van der Waals surface area contributed by atoms with Gasteiger partial charge in [0.05, 0.1) is 6.20 Å². The number of para-hydroxylation sites is 1. The van der Waals surface area contributed by atoms with E-state index in [0.717, 1.165) is 17.6 Å². The molecule has 0 aliphatic carbocycles. The summed E-state index contributed by atoms with van der Waals surface area (Å²) in [5, 5.41) is 1.07. The molecule has 0 amide bonds. The van der Waals surface area contributed by atoms with Crippen LogP contribution in [0, 0.1) is 5.82 Å². The molecule has 0 spiro atoms. The topological polar surface area (TPSA) is 84.2 Å². The van der Waals surface area contributed by atoms with Crippen LogP contribution in [0.15, 0.2) is 92.4 Å². The predicted molar refractivity (Wildman–Crippen MR) is 102 cm³/mol. The van der Waals surface area contributed by atoms with Gasteiger partial charge in [-0.05, 0) is 18.2 Å². The van der Waals surface area contributed by atoms with Crippen LogP contribution in [0.3, 0.4) is 0 Å². The Hall–Kier alpha value is -2.52. The fraction of sp³-hybridized carbons (Fsp3) is 0. The van der Waals surface area contributed by atoms with Crippen molar-refractivity contribution in [2.75, 3.05) is 4.72 Å². The first kappa shape index (κ1) is 17.9. The molecule has 136 valence electrons. The molecule has 0 saturated heterocycles. The van der Waals surface area contributed by atoms with Gasteiger partial charge in [-0.25, -0.2) is 9.37 Å². The first-order chi connectivity index (χ1) is 13.1. The number of hydrogen-bond donors (Lipinski definition) is 1. The monoisotopic (exact) mass is 400 g/mol. The Balaban J connectivity index is 1.65. The van der Waals surface area contributed by atoms with Crippen molar-refractivity contribution >= 4 is 39.2 Å². The van der Waals surface area contributed by atoms with Crippen molar-refractivity contribution in [3.8, 4) is 0 Å². The maximum atomic E-state index is 13.7. The van der Waals surface area contributed by atoms with E-state index >= 15 is 0 Å². The summed E-state index contributed by atoms with van der Waals surface area (Å²) in [4.78, 5) is 4.45. The SMILES string of the molecule is [O-][S+](Nc1cc(F)cnc1[S+]([O-])c1ccccc1)c1cc2ccccc2o1. The minimum Gasteiger partial charge on any atom is -0.605 e. The Bertz CT molecular complexity index is 1040. The van der Waals surface area contributed by atoms with Crippen molar-refractivity contribution in [3.05, 3.63) is 78.7 Å². The molecule has 0 aliphatic rings. The molecule has 2 unspecified atom stereocenters. The lowest BCUT2D eigenvalue weighted by Crippen LogP contribution is -2.16. The van der Waals surface area contributed by atoms with E-state index in [2.05, 4.69) is 9.71 Å². The van der Waals surface area contributed by atoms with Crippen molar-refractivity contribution in [1.29, 1.82) is 0 Å². The van der Waals surface area contributed by atoms with Gasteiger partial charge in [0, 0.05) is 28.7 Å².